The van der Waals surface area contributed by atoms with Gasteiger partial charge in [-0.15, -0.1) is 0 Å². The van der Waals surface area contributed by atoms with E-state index in [0.717, 1.165) is 44.8 Å². The van der Waals surface area contributed by atoms with Crippen molar-refractivity contribution in [2.75, 3.05) is 37.0 Å². The molecule has 8 heteroatoms. The van der Waals surface area contributed by atoms with Crippen molar-refractivity contribution in [2.45, 2.75) is 31.9 Å². The minimum atomic E-state index is 0.218. The zero-order valence-electron chi connectivity index (χ0n) is 16.0. The van der Waals surface area contributed by atoms with Crippen molar-refractivity contribution in [3.63, 3.8) is 0 Å². The highest BCUT2D eigenvalue weighted by Crippen LogP contribution is 2.26. The summed E-state index contributed by atoms with van der Waals surface area (Å²) >= 11 is 5.39. The van der Waals surface area contributed by atoms with Gasteiger partial charge in [-0.3, -0.25) is 0 Å². The number of anilines is 2. The van der Waals surface area contributed by atoms with E-state index in [2.05, 4.69) is 49.8 Å². The molecule has 1 aromatic carbocycles. The second-order valence-corrected chi connectivity index (χ2v) is 7.41. The van der Waals surface area contributed by atoms with Gasteiger partial charge in [0.05, 0.1) is 13.2 Å². The molecule has 0 saturated carbocycles. The van der Waals surface area contributed by atoms with Crippen molar-refractivity contribution in [3.05, 3.63) is 41.5 Å². The molecule has 28 heavy (non-hydrogen) atoms. The van der Waals surface area contributed by atoms with Crippen molar-refractivity contribution >= 4 is 29.1 Å². The lowest BCUT2D eigenvalue weighted by molar-refractivity contribution is 0.114. The summed E-state index contributed by atoms with van der Waals surface area (Å²) in [6.07, 6.45) is 3.38. The van der Waals surface area contributed by atoms with Gasteiger partial charge in [0.2, 0.25) is 11.8 Å². The average molecular weight is 400 g/mol. The Bertz CT molecular complexity index is 841. The summed E-state index contributed by atoms with van der Waals surface area (Å²) in [6.45, 7) is 3.23. The summed E-state index contributed by atoms with van der Waals surface area (Å²) in [4.78, 5) is 11.3. The lowest BCUT2D eigenvalue weighted by Gasteiger charge is -2.30. The highest BCUT2D eigenvalue weighted by Gasteiger charge is 2.19. The maximum Gasteiger partial charge on any atom is 0.234 e. The molecule has 2 aliphatic rings. The van der Waals surface area contributed by atoms with Crippen molar-refractivity contribution in [1.82, 2.24) is 15.3 Å². The van der Waals surface area contributed by atoms with Gasteiger partial charge < -0.3 is 25.0 Å². The van der Waals surface area contributed by atoms with Crippen LogP contribution in [0.4, 0.5) is 11.8 Å². The molecular formula is C20H25N5O2S. The van der Waals surface area contributed by atoms with Crippen LogP contribution in [0.3, 0.4) is 0 Å². The molecule has 7 nitrogen and oxygen atoms in total. The maximum absolute atomic E-state index is 5.61. The third-order valence-corrected chi connectivity index (χ3v) is 5.34. The number of nitrogens with zero attached hydrogens (tertiary/aromatic N) is 3. The van der Waals surface area contributed by atoms with Crippen molar-refractivity contribution < 1.29 is 9.47 Å². The molecule has 0 amide bonds. The molecule has 1 fully saturated rings. The van der Waals surface area contributed by atoms with Crippen LogP contribution < -0.4 is 20.3 Å². The zero-order chi connectivity index (χ0) is 19.3. The van der Waals surface area contributed by atoms with Gasteiger partial charge >= 0.3 is 0 Å². The standard InChI is InChI=1S/C20H25N5O2S/c1-26-18-11-17(25-9-8-14-5-2-3-6-15(14)13-25)22-19(23-18)24-20(28)21-12-16-7-4-10-27-16/h2-3,5-6,11,16H,4,7-10,12-13H2,1H3,(H2,21,22,23,24,28). The van der Waals surface area contributed by atoms with E-state index in [9.17, 15) is 0 Å². The Morgan fingerprint density at radius 2 is 2.18 bits per heavy atom. The minimum absolute atomic E-state index is 0.218. The smallest absolute Gasteiger partial charge is 0.234 e. The highest BCUT2D eigenvalue weighted by atomic mass is 32.1. The number of hydrogen-bond acceptors (Lipinski definition) is 6. The Morgan fingerprint density at radius 3 is 2.96 bits per heavy atom. The van der Waals surface area contributed by atoms with Gasteiger partial charge in [-0.05, 0) is 42.6 Å². The van der Waals surface area contributed by atoms with Crippen molar-refractivity contribution in [3.8, 4) is 5.88 Å². The topological polar surface area (TPSA) is 71.5 Å². The molecule has 2 aromatic rings. The van der Waals surface area contributed by atoms with Crippen molar-refractivity contribution in [2.24, 2.45) is 0 Å². The average Bonchev–Trinajstić information content (AvgIpc) is 3.25. The zero-order valence-corrected chi connectivity index (χ0v) is 16.8. The van der Waals surface area contributed by atoms with E-state index in [1.54, 1.807) is 7.11 Å². The fourth-order valence-corrected chi connectivity index (χ4v) is 3.76. The van der Waals surface area contributed by atoms with E-state index >= 15 is 0 Å². The van der Waals surface area contributed by atoms with Gasteiger partial charge in [-0.1, -0.05) is 24.3 Å². The third-order valence-electron chi connectivity index (χ3n) is 5.09. The molecule has 1 atom stereocenters. The molecular weight excluding hydrogens is 374 g/mol. The maximum atomic E-state index is 5.61. The van der Waals surface area contributed by atoms with E-state index in [1.807, 2.05) is 6.07 Å². The van der Waals surface area contributed by atoms with Crippen LogP contribution in [0, 0.1) is 0 Å². The monoisotopic (exact) mass is 399 g/mol. The van der Waals surface area contributed by atoms with Gasteiger partial charge in [0, 0.05) is 32.3 Å². The van der Waals surface area contributed by atoms with Crippen LogP contribution in [-0.2, 0) is 17.7 Å². The van der Waals surface area contributed by atoms with Crippen LogP contribution in [0.1, 0.15) is 24.0 Å². The summed E-state index contributed by atoms with van der Waals surface area (Å²) in [5.41, 5.74) is 2.73. The van der Waals surface area contributed by atoms with Gasteiger partial charge in [0.15, 0.2) is 5.11 Å². The molecule has 0 spiro atoms. The summed E-state index contributed by atoms with van der Waals surface area (Å²) in [7, 11) is 1.61. The number of hydrogen-bond donors (Lipinski definition) is 2. The molecule has 148 valence electrons. The number of benzene rings is 1. The Morgan fingerprint density at radius 1 is 1.32 bits per heavy atom. The summed E-state index contributed by atoms with van der Waals surface area (Å²) in [5.74, 6) is 1.76. The predicted octanol–water partition coefficient (Wildman–Crippen LogP) is 2.51. The molecule has 1 saturated heterocycles. The number of nitrogens with one attached hydrogen (secondary N) is 2. The summed E-state index contributed by atoms with van der Waals surface area (Å²) in [6, 6.07) is 10.4. The van der Waals surface area contributed by atoms with Crippen LogP contribution in [0.5, 0.6) is 5.88 Å². The lowest BCUT2D eigenvalue weighted by atomic mass is 10.00. The van der Waals surface area contributed by atoms with Crippen LogP contribution in [0.15, 0.2) is 30.3 Å². The van der Waals surface area contributed by atoms with E-state index in [0.29, 0.717) is 23.5 Å². The first-order valence-electron chi connectivity index (χ1n) is 9.62. The van der Waals surface area contributed by atoms with Gasteiger partial charge in [-0.2, -0.15) is 9.97 Å². The Labute approximate surface area is 170 Å². The molecule has 0 bridgehead atoms. The quantitative estimate of drug-likeness (QED) is 0.744. The lowest BCUT2D eigenvalue weighted by Crippen LogP contribution is -2.35. The number of fused-ring (bicyclic) bond motifs is 1. The molecule has 0 aliphatic carbocycles. The molecule has 2 N–H and O–H groups in total. The van der Waals surface area contributed by atoms with Crippen molar-refractivity contribution in [1.29, 1.82) is 0 Å². The first-order valence-corrected chi connectivity index (χ1v) is 10.0. The summed E-state index contributed by atoms with van der Waals surface area (Å²) in [5, 5.41) is 6.74. The SMILES string of the molecule is COc1cc(N2CCc3ccccc3C2)nc(NC(=S)NCC2CCCO2)n1. The first-order chi connectivity index (χ1) is 13.7. The van der Waals surface area contributed by atoms with Crippen LogP contribution in [0.25, 0.3) is 0 Å². The second kappa shape index (κ2) is 8.70. The van der Waals surface area contributed by atoms with Gasteiger partial charge in [-0.25, -0.2) is 0 Å². The summed E-state index contributed by atoms with van der Waals surface area (Å²) < 4.78 is 11.0. The third kappa shape index (κ3) is 4.51. The Balaban J connectivity index is 1.44. The molecule has 4 rings (SSSR count). The number of thiocarbonyl (C=S) groups is 1. The van der Waals surface area contributed by atoms with Crippen LogP contribution in [-0.4, -0.2) is 48.0 Å². The highest BCUT2D eigenvalue weighted by molar-refractivity contribution is 7.80. The fraction of sp³-hybridized carbons (Fsp3) is 0.450. The molecule has 0 radical (unpaired) electrons. The predicted molar refractivity (Wildman–Crippen MR) is 113 cm³/mol. The number of ether oxygens (including phenoxy) is 2. The number of rotatable bonds is 5. The molecule has 1 unspecified atom stereocenters. The minimum Gasteiger partial charge on any atom is -0.481 e. The Hall–Kier alpha value is -2.45. The largest absolute Gasteiger partial charge is 0.481 e. The van der Waals surface area contributed by atoms with E-state index < -0.39 is 0 Å². The molecule has 2 aliphatic heterocycles. The first kappa shape index (κ1) is 18.9. The van der Waals surface area contributed by atoms with Crippen LogP contribution >= 0.6 is 12.2 Å². The second-order valence-electron chi connectivity index (χ2n) is 7.00. The number of methoxy groups -OCH3 is 1. The molecule has 3 heterocycles. The van der Waals surface area contributed by atoms with Gasteiger partial charge in [0.25, 0.3) is 0 Å². The van der Waals surface area contributed by atoms with E-state index in [-0.39, 0.29) is 6.10 Å². The van der Waals surface area contributed by atoms with Gasteiger partial charge in [0.1, 0.15) is 5.82 Å². The van der Waals surface area contributed by atoms with Crippen LogP contribution in [0.2, 0.25) is 0 Å². The normalized spacial score (nSPS) is 18.5. The van der Waals surface area contributed by atoms with E-state index in [1.165, 1.54) is 11.1 Å². The number of aromatic nitrogens is 2. The fourth-order valence-electron chi connectivity index (χ4n) is 3.58. The molecule has 1 aromatic heterocycles. The van der Waals surface area contributed by atoms with E-state index in [4.69, 9.17) is 21.7 Å². The Kier molecular flexibility index (Phi) is 5.87.